The summed E-state index contributed by atoms with van der Waals surface area (Å²) in [6, 6.07) is 5.79. The minimum Gasteiger partial charge on any atom is -0.500 e. The van der Waals surface area contributed by atoms with Crippen molar-refractivity contribution in [3.8, 4) is 6.07 Å². The van der Waals surface area contributed by atoms with Crippen molar-refractivity contribution in [2.75, 3.05) is 33.9 Å². The maximum absolute atomic E-state index is 13.4. The summed E-state index contributed by atoms with van der Waals surface area (Å²) in [5.41, 5.74) is 1.27. The Balaban J connectivity index is 2.04. The molecule has 0 spiro atoms. The van der Waals surface area contributed by atoms with Crippen molar-refractivity contribution in [2.24, 2.45) is 10.9 Å². The number of methoxy groups -OCH3 is 1. The number of nitriles is 1. The minimum atomic E-state index is -3.17. The molecular formula is C26H30F2N4O4. The lowest BCUT2D eigenvalue weighted by atomic mass is 9.87. The van der Waals surface area contributed by atoms with Gasteiger partial charge < -0.3 is 24.0 Å². The number of aliphatic hydroxyl groups excluding tert-OH is 1. The van der Waals surface area contributed by atoms with Crippen molar-refractivity contribution in [3.05, 3.63) is 70.8 Å². The molecule has 1 amide bonds. The van der Waals surface area contributed by atoms with Gasteiger partial charge in [0, 0.05) is 51.0 Å². The van der Waals surface area contributed by atoms with E-state index in [1.54, 1.807) is 49.9 Å². The second kappa shape index (κ2) is 10.9. The summed E-state index contributed by atoms with van der Waals surface area (Å²) in [5.74, 6) is -0.714. The summed E-state index contributed by atoms with van der Waals surface area (Å²) < 4.78 is 38.7. The van der Waals surface area contributed by atoms with Crippen molar-refractivity contribution < 1.29 is 28.2 Å². The largest absolute Gasteiger partial charge is 0.500 e. The van der Waals surface area contributed by atoms with Gasteiger partial charge in [0.25, 0.3) is 5.91 Å². The molecule has 1 saturated heterocycles. The third-order valence-corrected chi connectivity index (χ3v) is 6.29. The van der Waals surface area contributed by atoms with Crippen molar-refractivity contribution in [1.29, 1.82) is 5.26 Å². The Hall–Kier alpha value is -3.71. The van der Waals surface area contributed by atoms with Gasteiger partial charge in [-0.2, -0.15) is 14.0 Å². The smallest absolute Gasteiger partial charge is 0.387 e. The highest BCUT2D eigenvalue weighted by Crippen LogP contribution is 2.33. The summed E-state index contributed by atoms with van der Waals surface area (Å²) in [7, 11) is 2.96. The van der Waals surface area contributed by atoms with Gasteiger partial charge in [-0.25, -0.2) is 0 Å². The predicted octanol–water partition coefficient (Wildman–Crippen LogP) is 3.09. The molecule has 36 heavy (non-hydrogen) atoms. The van der Waals surface area contributed by atoms with E-state index < -0.39 is 17.9 Å². The highest BCUT2D eigenvalue weighted by molar-refractivity contribution is 5.99. The van der Waals surface area contributed by atoms with Gasteiger partial charge in [0.1, 0.15) is 22.6 Å². The Morgan fingerprint density at radius 1 is 1.42 bits per heavy atom. The van der Waals surface area contributed by atoms with Crippen LogP contribution in [0.4, 0.5) is 8.78 Å². The first-order valence-corrected chi connectivity index (χ1v) is 11.4. The van der Waals surface area contributed by atoms with Gasteiger partial charge in [0.2, 0.25) is 0 Å². The van der Waals surface area contributed by atoms with E-state index in [1.807, 2.05) is 0 Å². The molecule has 1 N–H and O–H groups in total. The zero-order chi connectivity index (χ0) is 26.6. The second-order valence-electron chi connectivity index (χ2n) is 9.06. The number of aromatic nitrogens is 1. The number of hydrogen-bond donors (Lipinski definition) is 1. The van der Waals surface area contributed by atoms with Gasteiger partial charge in [0.05, 0.1) is 18.6 Å². The molecule has 1 aliphatic heterocycles. The van der Waals surface area contributed by atoms with Crippen molar-refractivity contribution >= 4 is 11.6 Å². The second-order valence-corrected chi connectivity index (χ2v) is 9.06. The van der Waals surface area contributed by atoms with Gasteiger partial charge in [-0.3, -0.25) is 9.79 Å². The average molecular weight is 501 g/mol. The van der Waals surface area contributed by atoms with Gasteiger partial charge in [-0.15, -0.1) is 0 Å². The molecule has 0 radical (unpaired) electrons. The van der Waals surface area contributed by atoms with E-state index in [-0.39, 0.29) is 36.0 Å². The van der Waals surface area contributed by atoms with E-state index >= 15 is 0 Å². The fraction of sp³-hybridized carbons (Fsp3) is 0.423. The molecule has 0 atom stereocenters. The quantitative estimate of drug-likeness (QED) is 0.591. The van der Waals surface area contributed by atoms with Crippen LogP contribution in [-0.4, -0.2) is 60.9 Å². The molecule has 0 unspecified atom stereocenters. The molecule has 1 aromatic rings. The Morgan fingerprint density at radius 3 is 2.67 bits per heavy atom. The first kappa shape index (κ1) is 26.9. The maximum Gasteiger partial charge on any atom is 0.387 e. The van der Waals surface area contributed by atoms with Gasteiger partial charge in [-0.05, 0) is 43.2 Å². The Labute approximate surface area is 208 Å². The van der Waals surface area contributed by atoms with Crippen LogP contribution >= 0.6 is 0 Å². The standard InChI is InChI=1S/C26H30F2N4O4/c1-16(32-9-8-19(11-22(32)30-4)26(2,3)15-29)18-6-7-20(35-5)23(21(10-18)36-25(27)28)24(34)31-12-17(13-31)14-33/h6,8-11,17,25,33H,1,7,12-14H2,2-5H3/b30-22-. The molecule has 0 aromatic carbocycles. The van der Waals surface area contributed by atoms with Gasteiger partial charge in [-0.1, -0.05) is 12.7 Å². The highest BCUT2D eigenvalue weighted by atomic mass is 19.3. The van der Waals surface area contributed by atoms with Crippen LogP contribution in [0.15, 0.2) is 64.7 Å². The normalized spacial score (nSPS) is 17.2. The molecule has 192 valence electrons. The van der Waals surface area contributed by atoms with Gasteiger partial charge >= 0.3 is 6.61 Å². The van der Waals surface area contributed by atoms with Crippen LogP contribution in [0.3, 0.4) is 0 Å². The Kier molecular flexibility index (Phi) is 8.15. The zero-order valence-corrected chi connectivity index (χ0v) is 20.8. The van der Waals surface area contributed by atoms with Crippen LogP contribution < -0.4 is 5.49 Å². The molecule has 1 aliphatic carbocycles. The van der Waals surface area contributed by atoms with E-state index in [4.69, 9.17) is 9.47 Å². The number of carbonyl (C=O) groups is 1. The third-order valence-electron chi connectivity index (χ3n) is 6.29. The number of ether oxygens (including phenoxy) is 2. The van der Waals surface area contributed by atoms with Crippen LogP contribution in [0.25, 0.3) is 5.70 Å². The maximum atomic E-state index is 13.4. The van der Waals surface area contributed by atoms with Crippen molar-refractivity contribution in [3.63, 3.8) is 0 Å². The van der Waals surface area contributed by atoms with E-state index in [0.717, 1.165) is 5.56 Å². The third kappa shape index (κ3) is 5.41. The lowest BCUT2D eigenvalue weighted by Gasteiger charge is -2.39. The monoisotopic (exact) mass is 500 g/mol. The summed E-state index contributed by atoms with van der Waals surface area (Å²) in [6.07, 6.45) is 4.89. The summed E-state index contributed by atoms with van der Waals surface area (Å²) in [6.45, 7) is 5.11. The Morgan fingerprint density at radius 2 is 2.11 bits per heavy atom. The lowest BCUT2D eigenvalue weighted by Crippen LogP contribution is -2.52. The topological polar surface area (TPSA) is 100 Å². The van der Waals surface area contributed by atoms with Crippen LogP contribution in [0.2, 0.25) is 0 Å². The first-order valence-electron chi connectivity index (χ1n) is 11.4. The van der Waals surface area contributed by atoms with Gasteiger partial charge in [0.15, 0.2) is 0 Å². The first-order chi connectivity index (χ1) is 17.1. The molecular weight excluding hydrogens is 470 g/mol. The summed E-state index contributed by atoms with van der Waals surface area (Å²) in [4.78, 5) is 19.0. The number of allylic oxidation sites excluding steroid dienone is 4. The lowest BCUT2D eigenvalue weighted by molar-refractivity contribution is -0.136. The van der Waals surface area contributed by atoms with E-state index in [2.05, 4.69) is 17.6 Å². The predicted molar refractivity (Wildman–Crippen MR) is 129 cm³/mol. The van der Waals surface area contributed by atoms with Crippen molar-refractivity contribution in [2.45, 2.75) is 32.3 Å². The number of nitrogens with zero attached hydrogens (tertiary/aromatic N) is 4. The molecule has 2 aliphatic rings. The highest BCUT2D eigenvalue weighted by Gasteiger charge is 2.36. The fourth-order valence-electron chi connectivity index (χ4n) is 4.00. The fourth-order valence-corrected chi connectivity index (χ4v) is 4.00. The molecule has 8 nitrogen and oxygen atoms in total. The molecule has 3 rings (SSSR count). The number of carbonyl (C=O) groups excluding carboxylic acids is 1. The number of halogens is 2. The average Bonchev–Trinajstić information content (AvgIpc) is 3.01. The number of rotatable bonds is 8. The van der Waals surface area contributed by atoms with Crippen LogP contribution in [0, 0.1) is 17.2 Å². The Bertz CT molecular complexity index is 1250. The number of hydrogen-bond acceptors (Lipinski definition) is 6. The molecule has 0 saturated carbocycles. The van der Waals surface area contributed by atoms with E-state index in [1.165, 1.54) is 18.1 Å². The summed E-state index contributed by atoms with van der Waals surface area (Å²) in [5, 5.41) is 18.8. The van der Waals surface area contributed by atoms with E-state index in [9.17, 15) is 23.9 Å². The number of alkyl halides is 2. The van der Waals surface area contributed by atoms with Crippen LogP contribution in [-0.2, 0) is 19.7 Å². The van der Waals surface area contributed by atoms with Crippen LogP contribution in [0.5, 0.6) is 0 Å². The molecule has 0 bridgehead atoms. The molecule has 10 heteroatoms. The zero-order valence-electron chi connectivity index (χ0n) is 20.8. The SMILES string of the molecule is C=C(C1=CCC(OC)=C(C(=O)N2CC(CO)C2)C(OC(F)F)=C1)n1ccc(C(C)(C)C#N)c/c1=N/C. The molecule has 1 aromatic heterocycles. The minimum absolute atomic E-state index is 0.0511. The number of amides is 1. The van der Waals surface area contributed by atoms with Crippen molar-refractivity contribution in [1.82, 2.24) is 9.47 Å². The number of likely N-dealkylation sites (tertiary alicyclic amines) is 1. The number of pyridine rings is 1. The van der Waals surface area contributed by atoms with Crippen LogP contribution in [0.1, 0.15) is 25.8 Å². The summed E-state index contributed by atoms with van der Waals surface area (Å²) >= 11 is 0. The van der Waals surface area contributed by atoms with E-state index in [0.29, 0.717) is 29.8 Å². The molecule has 2 heterocycles. The number of aliphatic hydroxyl groups is 1. The molecule has 1 fully saturated rings.